The third-order valence-corrected chi connectivity index (χ3v) is 5.14. The molecule has 0 aliphatic carbocycles. The molecule has 3 rings (SSSR count). The van der Waals surface area contributed by atoms with Gasteiger partial charge in [-0.15, -0.1) is 11.8 Å². The second kappa shape index (κ2) is 5.60. The number of nitrogens with two attached hydrogens (primary N) is 1. The molecule has 112 valence electrons. The Bertz CT molecular complexity index is 590. The molecule has 0 saturated carbocycles. The van der Waals surface area contributed by atoms with E-state index in [-0.39, 0.29) is 17.9 Å². The summed E-state index contributed by atoms with van der Waals surface area (Å²) in [6.07, 6.45) is 1.81. The molecule has 1 saturated heterocycles. The van der Waals surface area contributed by atoms with Crippen molar-refractivity contribution in [2.24, 2.45) is 0 Å². The Hall–Kier alpha value is -1.69. The maximum absolute atomic E-state index is 12.9. The zero-order valence-corrected chi connectivity index (χ0v) is 12.9. The summed E-state index contributed by atoms with van der Waals surface area (Å²) in [4.78, 5) is 28.0. The number of amides is 2. The molecule has 0 bridgehead atoms. The van der Waals surface area contributed by atoms with Crippen molar-refractivity contribution in [2.75, 3.05) is 28.8 Å². The van der Waals surface area contributed by atoms with Crippen molar-refractivity contribution in [3.05, 3.63) is 23.8 Å². The van der Waals surface area contributed by atoms with Crippen molar-refractivity contribution in [3.8, 4) is 0 Å². The predicted octanol–water partition coefficient (Wildman–Crippen LogP) is 1.47. The Balaban J connectivity index is 1.90. The van der Waals surface area contributed by atoms with E-state index in [2.05, 4.69) is 0 Å². The predicted molar refractivity (Wildman–Crippen MR) is 85.2 cm³/mol. The lowest BCUT2D eigenvalue weighted by molar-refractivity contribution is -0.135. The number of hydrogen-bond acceptors (Lipinski definition) is 4. The highest BCUT2D eigenvalue weighted by atomic mass is 32.2. The molecule has 0 spiro atoms. The van der Waals surface area contributed by atoms with E-state index in [4.69, 9.17) is 5.73 Å². The van der Waals surface area contributed by atoms with E-state index in [1.165, 1.54) is 6.92 Å². The lowest BCUT2D eigenvalue weighted by atomic mass is 9.99. The van der Waals surface area contributed by atoms with Crippen molar-refractivity contribution >= 4 is 35.0 Å². The molecule has 0 radical (unpaired) electrons. The molecule has 1 aromatic rings. The van der Waals surface area contributed by atoms with Crippen LogP contribution in [0.5, 0.6) is 0 Å². The molecule has 6 heteroatoms. The highest BCUT2D eigenvalue weighted by Gasteiger charge is 2.37. The summed E-state index contributed by atoms with van der Waals surface area (Å²) in [5.74, 6) is 1.25. The first-order valence-corrected chi connectivity index (χ1v) is 8.28. The first-order chi connectivity index (χ1) is 10.1. The van der Waals surface area contributed by atoms with Gasteiger partial charge in [0, 0.05) is 30.6 Å². The third kappa shape index (κ3) is 2.48. The molecular weight excluding hydrogens is 286 g/mol. The van der Waals surface area contributed by atoms with Crippen LogP contribution in [-0.4, -0.2) is 40.9 Å². The number of carbonyl (C=O) groups is 2. The van der Waals surface area contributed by atoms with E-state index in [0.29, 0.717) is 18.2 Å². The van der Waals surface area contributed by atoms with Crippen molar-refractivity contribution in [2.45, 2.75) is 25.8 Å². The van der Waals surface area contributed by atoms with Gasteiger partial charge in [0.15, 0.2) is 0 Å². The Morgan fingerprint density at radius 2 is 2.19 bits per heavy atom. The minimum Gasteiger partial charge on any atom is -0.398 e. The number of hydrogen-bond donors (Lipinski definition) is 1. The molecule has 1 aromatic carbocycles. The molecule has 5 nitrogen and oxygen atoms in total. The molecule has 1 fully saturated rings. The molecule has 2 aliphatic rings. The number of nitrogen functional groups attached to an aromatic ring is 1. The number of rotatable bonds is 1. The van der Waals surface area contributed by atoms with Crippen LogP contribution in [0.4, 0.5) is 11.4 Å². The van der Waals surface area contributed by atoms with Gasteiger partial charge in [0.05, 0.1) is 5.88 Å². The van der Waals surface area contributed by atoms with E-state index in [0.717, 1.165) is 29.8 Å². The van der Waals surface area contributed by atoms with Crippen LogP contribution >= 0.6 is 11.8 Å². The molecule has 2 aliphatic heterocycles. The molecule has 2 amide bonds. The van der Waals surface area contributed by atoms with Crippen molar-refractivity contribution in [1.29, 1.82) is 0 Å². The fourth-order valence-corrected chi connectivity index (χ4v) is 4.23. The molecular formula is C15H19N3O2S. The summed E-state index contributed by atoms with van der Waals surface area (Å²) in [5.41, 5.74) is 8.73. The highest BCUT2D eigenvalue weighted by molar-refractivity contribution is 7.99. The Morgan fingerprint density at radius 3 is 2.95 bits per heavy atom. The van der Waals surface area contributed by atoms with Crippen molar-refractivity contribution < 1.29 is 9.59 Å². The van der Waals surface area contributed by atoms with Gasteiger partial charge < -0.3 is 15.5 Å². The van der Waals surface area contributed by atoms with Crippen LogP contribution in [0, 0.1) is 0 Å². The number of thioether (sulfide) groups is 1. The normalized spacial score (nSPS) is 21.3. The average Bonchev–Trinajstić information content (AvgIpc) is 2.96. The van der Waals surface area contributed by atoms with Crippen LogP contribution in [-0.2, 0) is 16.0 Å². The molecule has 21 heavy (non-hydrogen) atoms. The summed E-state index contributed by atoms with van der Waals surface area (Å²) in [7, 11) is 0. The molecule has 2 N–H and O–H groups in total. The second-order valence-corrected chi connectivity index (χ2v) is 6.44. The SMILES string of the molecule is CC(=O)N1CSCC1C(=O)N1CCCc2c(N)cccc21. The van der Waals surface area contributed by atoms with E-state index in [1.54, 1.807) is 16.7 Å². The third-order valence-electron chi connectivity index (χ3n) is 4.12. The van der Waals surface area contributed by atoms with Crippen molar-refractivity contribution in [1.82, 2.24) is 4.90 Å². The molecule has 1 unspecified atom stereocenters. The maximum atomic E-state index is 12.9. The number of fused-ring (bicyclic) bond motifs is 1. The van der Waals surface area contributed by atoms with E-state index in [9.17, 15) is 9.59 Å². The lowest BCUT2D eigenvalue weighted by Gasteiger charge is -2.34. The zero-order chi connectivity index (χ0) is 15.0. The summed E-state index contributed by atoms with van der Waals surface area (Å²) in [6, 6.07) is 5.36. The van der Waals surface area contributed by atoms with Gasteiger partial charge in [0.1, 0.15) is 6.04 Å². The van der Waals surface area contributed by atoms with Gasteiger partial charge in [-0.05, 0) is 30.5 Å². The maximum Gasteiger partial charge on any atom is 0.250 e. The number of anilines is 2. The molecule has 1 atom stereocenters. The van der Waals surface area contributed by atoms with Crippen molar-refractivity contribution in [3.63, 3.8) is 0 Å². The number of nitrogens with zero attached hydrogens (tertiary/aromatic N) is 2. The second-order valence-electron chi connectivity index (χ2n) is 5.44. The van der Waals surface area contributed by atoms with Crippen LogP contribution in [0.3, 0.4) is 0 Å². The van der Waals surface area contributed by atoms with Gasteiger partial charge >= 0.3 is 0 Å². The van der Waals surface area contributed by atoms with Crippen LogP contribution in [0.15, 0.2) is 18.2 Å². The Kier molecular flexibility index (Phi) is 3.80. The minimum atomic E-state index is -0.347. The summed E-state index contributed by atoms with van der Waals surface area (Å²) < 4.78 is 0. The monoisotopic (exact) mass is 305 g/mol. The van der Waals surface area contributed by atoms with Crippen LogP contribution in [0.2, 0.25) is 0 Å². The first-order valence-electron chi connectivity index (χ1n) is 7.13. The van der Waals surface area contributed by atoms with E-state index < -0.39 is 0 Å². The van der Waals surface area contributed by atoms with Crippen LogP contribution in [0.25, 0.3) is 0 Å². The van der Waals surface area contributed by atoms with Gasteiger partial charge in [-0.25, -0.2) is 0 Å². The average molecular weight is 305 g/mol. The first kappa shape index (κ1) is 14.3. The Morgan fingerprint density at radius 1 is 1.38 bits per heavy atom. The lowest BCUT2D eigenvalue weighted by Crippen LogP contribution is -2.50. The highest BCUT2D eigenvalue weighted by Crippen LogP contribution is 2.33. The van der Waals surface area contributed by atoms with Gasteiger partial charge in [-0.3, -0.25) is 9.59 Å². The van der Waals surface area contributed by atoms with Crippen LogP contribution in [0.1, 0.15) is 18.9 Å². The minimum absolute atomic E-state index is 0.0155. The molecule has 0 aromatic heterocycles. The molecule has 2 heterocycles. The summed E-state index contributed by atoms with van der Waals surface area (Å²) in [6.45, 7) is 2.22. The number of benzene rings is 1. The Labute approximate surface area is 128 Å². The van der Waals surface area contributed by atoms with Gasteiger partial charge in [-0.1, -0.05) is 6.07 Å². The largest absolute Gasteiger partial charge is 0.398 e. The topological polar surface area (TPSA) is 66.6 Å². The van der Waals surface area contributed by atoms with Gasteiger partial charge in [-0.2, -0.15) is 0 Å². The van der Waals surface area contributed by atoms with E-state index >= 15 is 0 Å². The van der Waals surface area contributed by atoms with E-state index in [1.807, 2.05) is 23.1 Å². The summed E-state index contributed by atoms with van der Waals surface area (Å²) in [5, 5.41) is 0. The van der Waals surface area contributed by atoms with Crippen LogP contribution < -0.4 is 10.6 Å². The summed E-state index contributed by atoms with van der Waals surface area (Å²) >= 11 is 1.63. The van der Waals surface area contributed by atoms with Gasteiger partial charge in [0.2, 0.25) is 5.91 Å². The smallest absolute Gasteiger partial charge is 0.250 e. The zero-order valence-electron chi connectivity index (χ0n) is 12.0. The fourth-order valence-electron chi connectivity index (χ4n) is 3.02. The quantitative estimate of drug-likeness (QED) is 0.798. The standard InChI is InChI=1S/C15H19N3O2S/c1-10(19)18-9-21-8-14(18)15(20)17-7-3-4-11-12(16)5-2-6-13(11)17/h2,5-6,14H,3-4,7-9,16H2,1H3. The number of carbonyl (C=O) groups excluding carboxylic acids is 2. The van der Waals surface area contributed by atoms with Gasteiger partial charge in [0.25, 0.3) is 5.91 Å². The fraction of sp³-hybridized carbons (Fsp3) is 0.467.